The molecule has 0 saturated carbocycles. The summed E-state index contributed by atoms with van der Waals surface area (Å²) in [5.74, 6) is -0.979. The Labute approximate surface area is 90.9 Å². The van der Waals surface area contributed by atoms with E-state index in [1.807, 2.05) is 0 Å². The minimum absolute atomic E-state index is 0.207. The molecule has 0 aromatic heterocycles. The number of nitro benzene ring substituents is 1. The van der Waals surface area contributed by atoms with Crippen molar-refractivity contribution in [3.8, 4) is 0 Å². The van der Waals surface area contributed by atoms with Crippen LogP contribution in [0, 0.1) is 15.9 Å². The van der Waals surface area contributed by atoms with Crippen molar-refractivity contribution in [1.82, 2.24) is 0 Å². The maximum Gasteiger partial charge on any atom is 0.305 e. The number of nitro groups is 1. The highest BCUT2D eigenvalue weighted by molar-refractivity contribution is 7.85. The summed E-state index contributed by atoms with van der Waals surface area (Å²) in [6.07, 6.45) is 0.852. The van der Waals surface area contributed by atoms with Crippen LogP contribution < -0.4 is 0 Å². The lowest BCUT2D eigenvalue weighted by molar-refractivity contribution is -0.387. The molecule has 16 heavy (non-hydrogen) atoms. The zero-order valence-electron chi connectivity index (χ0n) is 8.21. The first-order chi connectivity index (χ1) is 7.29. The van der Waals surface area contributed by atoms with Crippen molar-refractivity contribution < 1.29 is 21.9 Å². The van der Waals surface area contributed by atoms with Crippen LogP contribution in [0.25, 0.3) is 0 Å². The van der Waals surface area contributed by atoms with Crippen molar-refractivity contribution in [2.45, 2.75) is 6.61 Å². The molecule has 0 aliphatic rings. The fourth-order valence-corrected chi connectivity index (χ4v) is 1.31. The van der Waals surface area contributed by atoms with Gasteiger partial charge in [0.15, 0.2) is 0 Å². The summed E-state index contributed by atoms with van der Waals surface area (Å²) in [6.45, 7) is -0.361. The number of halogens is 1. The van der Waals surface area contributed by atoms with Gasteiger partial charge in [-0.3, -0.25) is 14.3 Å². The number of hydrogen-bond acceptors (Lipinski definition) is 5. The number of nitrogens with zero attached hydrogens (tertiary/aromatic N) is 1. The molecule has 0 amide bonds. The van der Waals surface area contributed by atoms with Crippen molar-refractivity contribution in [3.63, 3.8) is 0 Å². The van der Waals surface area contributed by atoms with Crippen LogP contribution in [0.5, 0.6) is 0 Å². The third-order valence-corrected chi connectivity index (χ3v) is 2.19. The lowest BCUT2D eigenvalue weighted by atomic mass is 10.2. The van der Waals surface area contributed by atoms with Crippen LogP contribution in [0.3, 0.4) is 0 Å². The lowest BCUT2D eigenvalue weighted by Gasteiger charge is -2.01. The maximum absolute atomic E-state index is 12.9. The van der Waals surface area contributed by atoms with E-state index in [0.717, 1.165) is 18.4 Å². The van der Waals surface area contributed by atoms with Crippen LogP contribution in [-0.2, 0) is 20.9 Å². The first-order valence-electron chi connectivity index (χ1n) is 4.07. The van der Waals surface area contributed by atoms with Gasteiger partial charge in [0.05, 0.1) is 17.8 Å². The van der Waals surface area contributed by atoms with E-state index < -0.39 is 26.5 Å². The molecular formula is C8H8FNO5S. The fraction of sp³-hybridized carbons (Fsp3) is 0.250. The second-order valence-corrected chi connectivity index (χ2v) is 4.65. The molecule has 88 valence electrons. The second-order valence-electron chi connectivity index (χ2n) is 3.01. The molecule has 1 rings (SSSR count). The highest BCUT2D eigenvalue weighted by Crippen LogP contribution is 2.19. The van der Waals surface area contributed by atoms with E-state index in [9.17, 15) is 22.9 Å². The first-order valence-corrected chi connectivity index (χ1v) is 5.88. The number of rotatable bonds is 4. The molecule has 0 atom stereocenters. The summed E-state index contributed by atoms with van der Waals surface area (Å²) in [7, 11) is -3.63. The Balaban J connectivity index is 2.91. The van der Waals surface area contributed by atoms with Gasteiger partial charge in [-0.2, -0.15) is 12.8 Å². The van der Waals surface area contributed by atoms with Gasteiger partial charge in [0.2, 0.25) is 5.82 Å². The van der Waals surface area contributed by atoms with Gasteiger partial charge in [0.1, 0.15) is 0 Å². The minimum Gasteiger partial charge on any atom is -0.265 e. The molecule has 0 radical (unpaired) electrons. The molecule has 0 bridgehead atoms. The van der Waals surface area contributed by atoms with E-state index in [4.69, 9.17) is 0 Å². The van der Waals surface area contributed by atoms with Gasteiger partial charge in [0.25, 0.3) is 10.1 Å². The van der Waals surface area contributed by atoms with E-state index in [1.165, 1.54) is 6.07 Å². The summed E-state index contributed by atoms with van der Waals surface area (Å²) in [5, 5.41) is 10.4. The molecule has 0 aliphatic carbocycles. The molecule has 6 nitrogen and oxygen atoms in total. The average molecular weight is 249 g/mol. The van der Waals surface area contributed by atoms with Gasteiger partial charge >= 0.3 is 5.69 Å². The third kappa shape index (κ3) is 3.55. The summed E-state index contributed by atoms with van der Waals surface area (Å²) < 4.78 is 38.6. The average Bonchev–Trinajstić information content (AvgIpc) is 2.14. The van der Waals surface area contributed by atoms with Gasteiger partial charge in [0, 0.05) is 6.07 Å². The summed E-state index contributed by atoms with van der Waals surface area (Å²) >= 11 is 0. The van der Waals surface area contributed by atoms with Crippen molar-refractivity contribution in [1.29, 1.82) is 0 Å². The highest BCUT2D eigenvalue weighted by atomic mass is 32.2. The van der Waals surface area contributed by atoms with E-state index in [0.29, 0.717) is 0 Å². The van der Waals surface area contributed by atoms with Crippen molar-refractivity contribution in [3.05, 3.63) is 39.7 Å². The second kappa shape index (κ2) is 4.54. The molecule has 0 saturated heterocycles. The van der Waals surface area contributed by atoms with Crippen molar-refractivity contribution in [2.75, 3.05) is 6.26 Å². The number of benzene rings is 1. The van der Waals surface area contributed by atoms with Crippen LogP contribution in [0.2, 0.25) is 0 Å². The Kier molecular flexibility index (Phi) is 3.55. The Bertz CT molecular complexity index is 513. The van der Waals surface area contributed by atoms with Gasteiger partial charge in [-0.25, -0.2) is 0 Å². The first kappa shape index (κ1) is 12.5. The molecule has 8 heteroatoms. The summed E-state index contributed by atoms with van der Waals surface area (Å²) in [6, 6.07) is 3.03. The van der Waals surface area contributed by atoms with Crippen molar-refractivity contribution in [2.24, 2.45) is 0 Å². The maximum atomic E-state index is 12.9. The molecule has 0 spiro atoms. The van der Waals surface area contributed by atoms with Gasteiger partial charge in [-0.15, -0.1) is 0 Å². The zero-order chi connectivity index (χ0) is 12.3. The third-order valence-electron chi connectivity index (χ3n) is 1.65. The zero-order valence-corrected chi connectivity index (χ0v) is 9.03. The Morgan fingerprint density at radius 2 is 2.12 bits per heavy atom. The van der Waals surface area contributed by atoms with Gasteiger partial charge < -0.3 is 0 Å². The van der Waals surface area contributed by atoms with Crippen LogP contribution in [0.1, 0.15) is 5.56 Å². The van der Waals surface area contributed by atoms with E-state index in [1.54, 1.807) is 0 Å². The molecule has 1 aromatic rings. The highest BCUT2D eigenvalue weighted by Gasteiger charge is 2.14. The Morgan fingerprint density at radius 3 is 2.62 bits per heavy atom. The van der Waals surface area contributed by atoms with E-state index in [-0.39, 0.29) is 12.2 Å². The quantitative estimate of drug-likeness (QED) is 0.454. The SMILES string of the molecule is CS(=O)(=O)OCc1ccc(F)c([N+](=O)[O-])c1. The van der Waals surface area contributed by atoms with Crippen molar-refractivity contribution >= 4 is 15.8 Å². The standard InChI is InChI=1S/C8H8FNO5S/c1-16(13,14)15-5-6-2-3-7(9)8(4-6)10(11)12/h2-4H,5H2,1H3. The number of hydrogen-bond donors (Lipinski definition) is 0. The molecule has 1 aromatic carbocycles. The molecule has 0 N–H and O–H groups in total. The summed E-state index contributed by atoms with van der Waals surface area (Å²) in [5.41, 5.74) is -0.506. The van der Waals surface area contributed by atoms with Crippen LogP contribution >= 0.6 is 0 Å². The molecule has 0 unspecified atom stereocenters. The molecular weight excluding hydrogens is 241 g/mol. The normalized spacial score (nSPS) is 11.4. The monoisotopic (exact) mass is 249 g/mol. The van der Waals surface area contributed by atoms with Crippen LogP contribution in [0.4, 0.5) is 10.1 Å². The van der Waals surface area contributed by atoms with Gasteiger partial charge in [-0.05, 0) is 11.6 Å². The molecule has 0 heterocycles. The fourth-order valence-electron chi connectivity index (χ4n) is 0.963. The van der Waals surface area contributed by atoms with Crippen LogP contribution in [0.15, 0.2) is 18.2 Å². The predicted molar refractivity (Wildman–Crippen MR) is 52.7 cm³/mol. The Morgan fingerprint density at radius 1 is 1.50 bits per heavy atom. The van der Waals surface area contributed by atoms with Crippen LogP contribution in [-0.4, -0.2) is 19.6 Å². The van der Waals surface area contributed by atoms with E-state index in [2.05, 4.69) is 4.18 Å². The molecule has 0 fully saturated rings. The Hall–Kier alpha value is -1.54. The molecule has 0 aliphatic heterocycles. The topological polar surface area (TPSA) is 86.5 Å². The minimum atomic E-state index is -3.63. The largest absolute Gasteiger partial charge is 0.305 e. The van der Waals surface area contributed by atoms with Gasteiger partial charge in [-0.1, -0.05) is 6.07 Å². The van der Waals surface area contributed by atoms with E-state index >= 15 is 0 Å². The summed E-state index contributed by atoms with van der Waals surface area (Å²) in [4.78, 5) is 9.49. The lowest BCUT2D eigenvalue weighted by Crippen LogP contribution is -2.03. The smallest absolute Gasteiger partial charge is 0.265 e. The predicted octanol–water partition coefficient (Wildman–Crippen LogP) is 1.21.